The molecule has 184 valence electrons. The normalized spacial score (nSPS) is 18.8. The van der Waals surface area contributed by atoms with Gasteiger partial charge in [0.1, 0.15) is 10.8 Å². The zero-order valence-corrected chi connectivity index (χ0v) is 21.6. The molecule has 0 radical (unpaired) electrons. The molecule has 1 saturated heterocycles. The van der Waals surface area contributed by atoms with Crippen LogP contribution in [0.1, 0.15) is 67.3 Å². The summed E-state index contributed by atoms with van der Waals surface area (Å²) in [6.45, 7) is 9.15. The molecular weight excluding hydrogens is 446 g/mol. The molecule has 2 aromatic rings. The molecule has 6 nitrogen and oxygen atoms in total. The van der Waals surface area contributed by atoms with E-state index in [0.717, 1.165) is 50.8 Å². The monoisotopic (exact) mass is 483 g/mol. The molecule has 2 heterocycles. The van der Waals surface area contributed by atoms with Crippen molar-refractivity contribution < 1.29 is 14.3 Å². The van der Waals surface area contributed by atoms with Crippen LogP contribution in [0, 0.1) is 11.3 Å². The summed E-state index contributed by atoms with van der Waals surface area (Å²) in [4.78, 5) is 29.9. The minimum Gasteiger partial charge on any atom is -0.495 e. The SMILES string of the molecule is COc1ccccc1NC(=O)c1c(NC(=O)CN2CCCCC2)sc2c1CC[C@H](C(C)(C)C)C2. The van der Waals surface area contributed by atoms with E-state index in [9.17, 15) is 9.59 Å². The molecule has 1 atom stereocenters. The van der Waals surface area contributed by atoms with Gasteiger partial charge in [0.15, 0.2) is 0 Å². The average Bonchev–Trinajstić information content (AvgIpc) is 3.16. The molecule has 34 heavy (non-hydrogen) atoms. The standard InChI is InChI=1S/C27H37N3O3S/c1-27(2,3)18-12-13-19-22(16-18)34-26(29-23(31)17-30-14-8-5-9-15-30)24(19)25(32)28-20-10-6-7-11-21(20)33-4/h6-7,10-11,18H,5,8-9,12-17H2,1-4H3,(H,28,32)(H,29,31)/t18-/m0/s1. The smallest absolute Gasteiger partial charge is 0.259 e. The first-order valence-electron chi connectivity index (χ1n) is 12.4. The maximum Gasteiger partial charge on any atom is 0.259 e. The molecule has 0 bridgehead atoms. The third-order valence-corrected chi connectivity index (χ3v) is 8.31. The third-order valence-electron chi connectivity index (χ3n) is 7.14. The van der Waals surface area contributed by atoms with E-state index in [1.165, 1.54) is 11.3 Å². The summed E-state index contributed by atoms with van der Waals surface area (Å²) in [6.07, 6.45) is 6.36. The second-order valence-corrected chi connectivity index (χ2v) is 11.7. The lowest BCUT2D eigenvalue weighted by Crippen LogP contribution is -2.37. The second kappa shape index (κ2) is 10.5. The lowest BCUT2D eigenvalue weighted by atomic mass is 9.72. The van der Waals surface area contributed by atoms with Gasteiger partial charge in [-0.05, 0) is 74.2 Å². The highest BCUT2D eigenvalue weighted by Crippen LogP contribution is 2.44. The molecule has 1 aliphatic heterocycles. The van der Waals surface area contributed by atoms with Gasteiger partial charge in [-0.1, -0.05) is 39.3 Å². The topological polar surface area (TPSA) is 70.7 Å². The van der Waals surface area contributed by atoms with Gasteiger partial charge in [0.2, 0.25) is 5.91 Å². The first-order valence-corrected chi connectivity index (χ1v) is 13.2. The number of benzene rings is 1. The van der Waals surface area contributed by atoms with Crippen molar-refractivity contribution in [3.05, 3.63) is 40.3 Å². The molecule has 2 aliphatic rings. The highest BCUT2D eigenvalue weighted by Gasteiger charge is 2.34. The first-order chi connectivity index (χ1) is 16.3. The fraction of sp³-hybridized carbons (Fsp3) is 0.556. The van der Waals surface area contributed by atoms with Crippen molar-refractivity contribution in [2.24, 2.45) is 11.3 Å². The van der Waals surface area contributed by atoms with Gasteiger partial charge in [0.05, 0.1) is 24.9 Å². The van der Waals surface area contributed by atoms with E-state index in [1.54, 1.807) is 18.4 Å². The number of fused-ring (bicyclic) bond motifs is 1. The van der Waals surface area contributed by atoms with E-state index in [1.807, 2.05) is 24.3 Å². The van der Waals surface area contributed by atoms with Gasteiger partial charge in [0, 0.05) is 4.88 Å². The van der Waals surface area contributed by atoms with Crippen LogP contribution < -0.4 is 15.4 Å². The number of carbonyl (C=O) groups is 2. The summed E-state index contributed by atoms with van der Waals surface area (Å²) in [7, 11) is 1.59. The quantitative estimate of drug-likeness (QED) is 0.562. The van der Waals surface area contributed by atoms with Crippen molar-refractivity contribution in [3.63, 3.8) is 0 Å². The Labute approximate surface area is 207 Å². The minimum atomic E-state index is -0.190. The number of para-hydroxylation sites is 2. The summed E-state index contributed by atoms with van der Waals surface area (Å²) in [5.74, 6) is 0.938. The van der Waals surface area contributed by atoms with Crippen LogP contribution in [0.5, 0.6) is 5.75 Å². The van der Waals surface area contributed by atoms with Gasteiger partial charge < -0.3 is 15.4 Å². The maximum atomic E-state index is 13.6. The molecule has 7 heteroatoms. The Morgan fingerprint density at radius 2 is 1.85 bits per heavy atom. The Morgan fingerprint density at radius 1 is 1.12 bits per heavy atom. The van der Waals surface area contributed by atoms with Crippen molar-refractivity contribution in [1.82, 2.24) is 4.90 Å². The van der Waals surface area contributed by atoms with Crippen molar-refractivity contribution in [3.8, 4) is 5.75 Å². The van der Waals surface area contributed by atoms with Crippen LogP contribution in [0.15, 0.2) is 24.3 Å². The fourth-order valence-electron chi connectivity index (χ4n) is 5.07. The summed E-state index contributed by atoms with van der Waals surface area (Å²) < 4.78 is 5.42. The number of amides is 2. The highest BCUT2D eigenvalue weighted by molar-refractivity contribution is 7.17. The minimum absolute atomic E-state index is 0.0424. The number of hydrogen-bond acceptors (Lipinski definition) is 5. The van der Waals surface area contributed by atoms with E-state index < -0.39 is 0 Å². The van der Waals surface area contributed by atoms with Crippen LogP contribution in [-0.4, -0.2) is 43.5 Å². The molecule has 1 aliphatic carbocycles. The van der Waals surface area contributed by atoms with Crippen LogP contribution in [0.3, 0.4) is 0 Å². The van der Waals surface area contributed by atoms with Crippen LogP contribution >= 0.6 is 11.3 Å². The number of hydrogen-bond donors (Lipinski definition) is 2. The second-order valence-electron chi connectivity index (χ2n) is 10.6. The van der Waals surface area contributed by atoms with Crippen LogP contribution in [0.25, 0.3) is 0 Å². The number of carbonyl (C=O) groups excluding carboxylic acids is 2. The molecule has 1 aromatic heterocycles. The zero-order valence-electron chi connectivity index (χ0n) is 20.8. The maximum absolute atomic E-state index is 13.6. The fourth-order valence-corrected chi connectivity index (χ4v) is 6.41. The molecule has 4 rings (SSSR count). The molecule has 2 N–H and O–H groups in total. The first kappa shape index (κ1) is 24.7. The van der Waals surface area contributed by atoms with E-state index in [0.29, 0.717) is 34.5 Å². The number of methoxy groups -OCH3 is 1. The summed E-state index contributed by atoms with van der Waals surface area (Å²) in [5, 5.41) is 6.82. The lowest BCUT2D eigenvalue weighted by Gasteiger charge is -2.33. The average molecular weight is 484 g/mol. The Hall–Kier alpha value is -2.38. The van der Waals surface area contributed by atoms with Gasteiger partial charge >= 0.3 is 0 Å². The molecule has 1 fully saturated rings. The zero-order chi connectivity index (χ0) is 24.3. The van der Waals surface area contributed by atoms with E-state index >= 15 is 0 Å². The van der Waals surface area contributed by atoms with Crippen molar-refractivity contribution in [2.45, 2.75) is 59.3 Å². The van der Waals surface area contributed by atoms with E-state index in [4.69, 9.17) is 4.74 Å². The summed E-state index contributed by atoms with van der Waals surface area (Å²) >= 11 is 1.58. The van der Waals surface area contributed by atoms with Gasteiger partial charge in [-0.25, -0.2) is 0 Å². The molecular formula is C27H37N3O3S. The molecule has 0 spiro atoms. The van der Waals surface area contributed by atoms with Crippen LogP contribution in [0.2, 0.25) is 0 Å². The van der Waals surface area contributed by atoms with Crippen molar-refractivity contribution >= 4 is 33.8 Å². The number of piperidine rings is 1. The number of thiophene rings is 1. The number of ether oxygens (including phenoxy) is 1. The molecule has 2 amide bonds. The predicted molar refractivity (Wildman–Crippen MR) is 139 cm³/mol. The van der Waals surface area contributed by atoms with Crippen LogP contribution in [-0.2, 0) is 17.6 Å². The van der Waals surface area contributed by atoms with Crippen LogP contribution in [0.4, 0.5) is 10.7 Å². The molecule has 0 unspecified atom stereocenters. The predicted octanol–water partition coefficient (Wildman–Crippen LogP) is 5.58. The summed E-state index contributed by atoms with van der Waals surface area (Å²) in [5.41, 5.74) is 2.54. The number of nitrogens with zero attached hydrogens (tertiary/aromatic N) is 1. The Kier molecular flexibility index (Phi) is 7.63. The Balaban J connectivity index is 1.61. The van der Waals surface area contributed by atoms with Crippen molar-refractivity contribution in [2.75, 3.05) is 37.4 Å². The lowest BCUT2D eigenvalue weighted by molar-refractivity contribution is -0.117. The van der Waals surface area contributed by atoms with Crippen molar-refractivity contribution in [1.29, 1.82) is 0 Å². The summed E-state index contributed by atoms with van der Waals surface area (Å²) in [6, 6.07) is 7.41. The number of rotatable bonds is 6. The number of likely N-dealkylation sites (tertiary alicyclic amines) is 1. The third kappa shape index (κ3) is 5.63. The van der Waals surface area contributed by atoms with E-state index in [2.05, 4.69) is 36.3 Å². The Bertz CT molecular complexity index is 1030. The largest absolute Gasteiger partial charge is 0.495 e. The Morgan fingerprint density at radius 3 is 2.56 bits per heavy atom. The number of nitrogens with one attached hydrogen (secondary N) is 2. The van der Waals surface area contributed by atoms with Gasteiger partial charge in [-0.2, -0.15) is 0 Å². The van der Waals surface area contributed by atoms with Gasteiger partial charge in [-0.15, -0.1) is 11.3 Å². The van der Waals surface area contributed by atoms with Gasteiger partial charge in [-0.3, -0.25) is 14.5 Å². The molecule has 0 saturated carbocycles. The van der Waals surface area contributed by atoms with E-state index in [-0.39, 0.29) is 17.2 Å². The highest BCUT2D eigenvalue weighted by atomic mass is 32.1. The molecule has 1 aromatic carbocycles. The number of anilines is 2. The van der Waals surface area contributed by atoms with Gasteiger partial charge in [0.25, 0.3) is 5.91 Å².